The lowest BCUT2D eigenvalue weighted by Crippen LogP contribution is -2.42. The van der Waals surface area contributed by atoms with Crippen molar-refractivity contribution in [3.8, 4) is 6.07 Å². The second kappa shape index (κ2) is 6.90. The van der Waals surface area contributed by atoms with E-state index < -0.39 is 0 Å². The van der Waals surface area contributed by atoms with E-state index in [0.717, 1.165) is 19.4 Å². The lowest BCUT2D eigenvalue weighted by molar-refractivity contribution is -0.121. The first-order chi connectivity index (χ1) is 11.6. The number of likely N-dealkylation sites (tertiary alicyclic amines) is 1. The van der Waals surface area contributed by atoms with Crippen LogP contribution in [0.2, 0.25) is 0 Å². The first-order valence-electron chi connectivity index (χ1n) is 8.29. The number of nitrogens with one attached hydrogen (secondary N) is 1. The molecule has 1 aromatic carbocycles. The van der Waals surface area contributed by atoms with Gasteiger partial charge in [0.1, 0.15) is 6.07 Å². The van der Waals surface area contributed by atoms with E-state index >= 15 is 0 Å². The van der Waals surface area contributed by atoms with Gasteiger partial charge in [0.05, 0.1) is 23.3 Å². The molecule has 1 amide bonds. The standard InChI is InChI=1S/C19H22N4O/c1-14(19(24)21-16-8-4-3-7-15(16)13-20)23-12-6-10-18(23)17-9-5-11-22(17)2/h3-5,7-9,11,14,18H,6,10,12H2,1-2H3,(H,21,24)/t14-,18+/m0/s1. The Morgan fingerprint density at radius 2 is 2.12 bits per heavy atom. The smallest absolute Gasteiger partial charge is 0.241 e. The van der Waals surface area contributed by atoms with Crippen LogP contribution in [-0.4, -0.2) is 28.0 Å². The zero-order valence-electron chi connectivity index (χ0n) is 14.1. The minimum atomic E-state index is -0.251. The number of aryl methyl sites for hydroxylation is 1. The lowest BCUT2D eigenvalue weighted by atomic mass is 10.1. The van der Waals surface area contributed by atoms with Crippen LogP contribution in [-0.2, 0) is 11.8 Å². The van der Waals surface area contributed by atoms with Gasteiger partial charge in [-0.05, 0) is 50.6 Å². The first-order valence-corrected chi connectivity index (χ1v) is 8.29. The topological polar surface area (TPSA) is 61.1 Å². The maximum absolute atomic E-state index is 12.7. The van der Waals surface area contributed by atoms with E-state index in [0.29, 0.717) is 11.3 Å². The van der Waals surface area contributed by atoms with Crippen LogP contribution in [0, 0.1) is 11.3 Å². The van der Waals surface area contributed by atoms with Gasteiger partial charge in [0.2, 0.25) is 5.91 Å². The van der Waals surface area contributed by atoms with Gasteiger partial charge in [-0.2, -0.15) is 5.26 Å². The molecule has 124 valence electrons. The number of benzene rings is 1. The van der Waals surface area contributed by atoms with Crippen molar-refractivity contribution in [2.75, 3.05) is 11.9 Å². The fourth-order valence-electron chi connectivity index (χ4n) is 3.47. The van der Waals surface area contributed by atoms with Crippen molar-refractivity contribution in [1.82, 2.24) is 9.47 Å². The maximum atomic E-state index is 12.7. The molecule has 1 saturated heterocycles. The van der Waals surface area contributed by atoms with Crippen LogP contribution in [0.5, 0.6) is 0 Å². The van der Waals surface area contributed by atoms with Crippen molar-refractivity contribution >= 4 is 11.6 Å². The van der Waals surface area contributed by atoms with Gasteiger partial charge in [0.25, 0.3) is 0 Å². The molecule has 0 unspecified atom stereocenters. The molecular weight excluding hydrogens is 300 g/mol. The minimum Gasteiger partial charge on any atom is -0.353 e. The molecule has 3 rings (SSSR count). The second-order valence-electron chi connectivity index (χ2n) is 6.26. The number of nitrogens with zero attached hydrogens (tertiary/aromatic N) is 3. The van der Waals surface area contributed by atoms with E-state index in [4.69, 9.17) is 5.26 Å². The van der Waals surface area contributed by atoms with Crippen LogP contribution in [0.15, 0.2) is 42.6 Å². The van der Waals surface area contributed by atoms with Gasteiger partial charge >= 0.3 is 0 Å². The molecule has 1 aliphatic heterocycles. The highest BCUT2D eigenvalue weighted by Crippen LogP contribution is 2.33. The van der Waals surface area contributed by atoms with Gasteiger partial charge in [0, 0.05) is 18.9 Å². The zero-order valence-corrected chi connectivity index (χ0v) is 14.1. The summed E-state index contributed by atoms with van der Waals surface area (Å²) in [6.07, 6.45) is 4.19. The number of aromatic nitrogens is 1. The Labute approximate surface area is 142 Å². The molecule has 1 aromatic heterocycles. The second-order valence-corrected chi connectivity index (χ2v) is 6.26. The molecule has 5 heteroatoms. The fourth-order valence-corrected chi connectivity index (χ4v) is 3.47. The Bertz CT molecular complexity index is 774. The molecule has 1 fully saturated rings. The normalized spacial score (nSPS) is 19.0. The number of anilines is 1. The summed E-state index contributed by atoms with van der Waals surface area (Å²) < 4.78 is 2.12. The summed E-state index contributed by atoms with van der Waals surface area (Å²) in [5, 5.41) is 12.1. The minimum absolute atomic E-state index is 0.0705. The van der Waals surface area contributed by atoms with E-state index in [9.17, 15) is 4.79 Å². The molecule has 0 bridgehead atoms. The van der Waals surface area contributed by atoms with Gasteiger partial charge in [-0.15, -0.1) is 0 Å². The van der Waals surface area contributed by atoms with Crippen molar-refractivity contribution in [2.24, 2.45) is 7.05 Å². The summed E-state index contributed by atoms with van der Waals surface area (Å²) in [6.45, 7) is 2.84. The molecule has 2 heterocycles. The summed E-state index contributed by atoms with van der Waals surface area (Å²) in [6, 6.07) is 13.4. The van der Waals surface area contributed by atoms with Gasteiger partial charge < -0.3 is 9.88 Å². The van der Waals surface area contributed by atoms with Crippen molar-refractivity contribution in [1.29, 1.82) is 5.26 Å². The Morgan fingerprint density at radius 3 is 2.83 bits per heavy atom. The van der Waals surface area contributed by atoms with Crippen LogP contribution in [0.4, 0.5) is 5.69 Å². The summed E-state index contributed by atoms with van der Waals surface area (Å²) in [7, 11) is 2.04. The average Bonchev–Trinajstić information content (AvgIpc) is 3.22. The molecule has 24 heavy (non-hydrogen) atoms. The van der Waals surface area contributed by atoms with Crippen molar-refractivity contribution in [3.05, 3.63) is 53.9 Å². The number of hydrogen-bond acceptors (Lipinski definition) is 3. The quantitative estimate of drug-likeness (QED) is 0.941. The van der Waals surface area contributed by atoms with Crippen molar-refractivity contribution < 1.29 is 4.79 Å². The highest BCUT2D eigenvalue weighted by Gasteiger charge is 2.34. The number of nitriles is 1. The molecule has 0 aliphatic carbocycles. The summed E-state index contributed by atoms with van der Waals surface area (Å²) in [5.41, 5.74) is 2.30. The predicted molar refractivity (Wildman–Crippen MR) is 93.3 cm³/mol. The number of para-hydroxylation sites is 1. The predicted octanol–water partition coefficient (Wildman–Crippen LogP) is 3.06. The van der Waals surface area contributed by atoms with Crippen LogP contribution >= 0.6 is 0 Å². The zero-order chi connectivity index (χ0) is 17.1. The Morgan fingerprint density at radius 1 is 1.33 bits per heavy atom. The number of rotatable bonds is 4. The lowest BCUT2D eigenvalue weighted by Gasteiger charge is -2.30. The summed E-state index contributed by atoms with van der Waals surface area (Å²) in [5.74, 6) is -0.0705. The number of carbonyl (C=O) groups is 1. The first kappa shape index (κ1) is 16.3. The molecule has 0 saturated carbocycles. The third-order valence-electron chi connectivity index (χ3n) is 4.80. The summed E-state index contributed by atoms with van der Waals surface area (Å²) >= 11 is 0. The highest BCUT2D eigenvalue weighted by molar-refractivity contribution is 5.95. The monoisotopic (exact) mass is 322 g/mol. The molecule has 1 aliphatic rings. The SMILES string of the molecule is C[C@@H](C(=O)Nc1ccccc1C#N)N1CCC[C@@H]1c1cccn1C. The summed E-state index contributed by atoms with van der Waals surface area (Å²) in [4.78, 5) is 14.9. The Kier molecular flexibility index (Phi) is 4.68. The Hall–Kier alpha value is -2.58. The van der Waals surface area contributed by atoms with E-state index in [-0.39, 0.29) is 18.0 Å². The van der Waals surface area contributed by atoms with E-state index in [1.807, 2.05) is 32.3 Å². The van der Waals surface area contributed by atoms with Gasteiger partial charge in [-0.1, -0.05) is 12.1 Å². The van der Waals surface area contributed by atoms with E-state index in [1.54, 1.807) is 18.2 Å². The maximum Gasteiger partial charge on any atom is 0.241 e. The molecule has 5 nitrogen and oxygen atoms in total. The van der Waals surface area contributed by atoms with Gasteiger partial charge in [0.15, 0.2) is 0 Å². The average molecular weight is 322 g/mol. The highest BCUT2D eigenvalue weighted by atomic mass is 16.2. The van der Waals surface area contributed by atoms with Crippen LogP contribution in [0.25, 0.3) is 0 Å². The third kappa shape index (κ3) is 3.06. The Balaban J connectivity index is 1.76. The molecule has 0 spiro atoms. The van der Waals surface area contributed by atoms with Gasteiger partial charge in [-0.3, -0.25) is 9.69 Å². The molecule has 0 radical (unpaired) electrons. The van der Waals surface area contributed by atoms with Gasteiger partial charge in [-0.25, -0.2) is 0 Å². The molecule has 2 atom stereocenters. The van der Waals surface area contributed by atoms with Crippen LogP contribution in [0.1, 0.15) is 37.1 Å². The third-order valence-corrected chi connectivity index (χ3v) is 4.80. The van der Waals surface area contributed by atoms with E-state index in [2.05, 4.69) is 26.9 Å². The van der Waals surface area contributed by atoms with Crippen molar-refractivity contribution in [3.63, 3.8) is 0 Å². The van der Waals surface area contributed by atoms with Crippen LogP contribution in [0.3, 0.4) is 0 Å². The fraction of sp³-hybridized carbons (Fsp3) is 0.368. The van der Waals surface area contributed by atoms with Crippen LogP contribution < -0.4 is 5.32 Å². The molecule has 1 N–H and O–H groups in total. The van der Waals surface area contributed by atoms with Crippen molar-refractivity contribution in [2.45, 2.75) is 31.8 Å². The number of carbonyl (C=O) groups excluding carboxylic acids is 1. The van der Waals surface area contributed by atoms with E-state index in [1.165, 1.54) is 5.69 Å². The largest absolute Gasteiger partial charge is 0.353 e. The molecule has 2 aromatic rings. The number of amides is 1. The molecular formula is C19H22N4O. The number of hydrogen-bond donors (Lipinski definition) is 1.